The average Bonchev–Trinajstić information content (AvgIpc) is 2.38. The zero-order valence-electron chi connectivity index (χ0n) is 11.5. The van der Waals surface area contributed by atoms with Crippen molar-refractivity contribution < 1.29 is 24.2 Å². The van der Waals surface area contributed by atoms with E-state index in [4.69, 9.17) is 0 Å². The molecule has 7 heteroatoms. The molecule has 108 valence electrons. The van der Waals surface area contributed by atoms with Gasteiger partial charge in [-0.25, -0.2) is 9.59 Å². The first kappa shape index (κ1) is 15.3. The molecule has 2 amide bonds. The lowest BCUT2D eigenvalue weighted by molar-refractivity contribution is -0.150. The van der Waals surface area contributed by atoms with Crippen LogP contribution in [0.4, 0.5) is 4.79 Å². The third-order valence-corrected chi connectivity index (χ3v) is 3.50. The van der Waals surface area contributed by atoms with Crippen molar-refractivity contribution in [3.05, 3.63) is 0 Å². The summed E-state index contributed by atoms with van der Waals surface area (Å²) in [5, 5.41) is 9.32. The standard InChI is InChI=1S/C12H20N2O5/c1-12(10(16)17)6-4-5-7-14(12)11(18)13(2)8-9(15)19-3/h4-8H2,1-3H3,(H,16,17). The zero-order valence-corrected chi connectivity index (χ0v) is 11.5. The Morgan fingerprint density at radius 3 is 2.53 bits per heavy atom. The topological polar surface area (TPSA) is 87.2 Å². The number of nitrogens with zero attached hydrogens (tertiary/aromatic N) is 2. The van der Waals surface area contributed by atoms with Crippen molar-refractivity contribution in [2.75, 3.05) is 27.2 Å². The minimum Gasteiger partial charge on any atom is -0.480 e. The summed E-state index contributed by atoms with van der Waals surface area (Å²) < 4.78 is 4.49. The van der Waals surface area contributed by atoms with Gasteiger partial charge >= 0.3 is 18.0 Å². The van der Waals surface area contributed by atoms with E-state index in [1.54, 1.807) is 6.92 Å². The van der Waals surface area contributed by atoms with E-state index in [0.717, 1.165) is 12.8 Å². The molecule has 0 spiro atoms. The number of carbonyl (C=O) groups excluding carboxylic acids is 2. The molecule has 0 aromatic rings. The Kier molecular flexibility index (Phi) is 4.74. The molecule has 0 radical (unpaired) electrons. The number of carbonyl (C=O) groups is 3. The molecule has 0 aliphatic carbocycles. The van der Waals surface area contributed by atoms with Crippen LogP contribution < -0.4 is 0 Å². The molecule has 1 N–H and O–H groups in total. The normalized spacial score (nSPS) is 22.8. The molecule has 1 aliphatic rings. The molecule has 1 unspecified atom stereocenters. The van der Waals surface area contributed by atoms with E-state index in [9.17, 15) is 19.5 Å². The molecular weight excluding hydrogens is 252 g/mol. The number of likely N-dealkylation sites (N-methyl/N-ethyl adjacent to an activating group) is 1. The molecule has 0 bridgehead atoms. The number of esters is 1. The van der Waals surface area contributed by atoms with Gasteiger partial charge in [0.15, 0.2) is 0 Å². The molecule has 0 saturated carbocycles. The largest absolute Gasteiger partial charge is 0.480 e. The smallest absolute Gasteiger partial charge is 0.329 e. The highest BCUT2D eigenvalue weighted by Gasteiger charge is 2.44. The molecule has 1 atom stereocenters. The van der Waals surface area contributed by atoms with Crippen LogP contribution in [0.2, 0.25) is 0 Å². The van der Waals surface area contributed by atoms with Crippen LogP contribution in [0.1, 0.15) is 26.2 Å². The van der Waals surface area contributed by atoms with Gasteiger partial charge in [-0.3, -0.25) is 4.79 Å². The van der Waals surface area contributed by atoms with Crippen LogP contribution in [0.25, 0.3) is 0 Å². The number of hydrogen-bond acceptors (Lipinski definition) is 4. The maximum absolute atomic E-state index is 12.3. The number of carboxylic acid groups (broad SMARTS) is 1. The predicted octanol–water partition coefficient (Wildman–Crippen LogP) is 0.540. The Hall–Kier alpha value is -1.79. The van der Waals surface area contributed by atoms with E-state index in [0.29, 0.717) is 13.0 Å². The zero-order chi connectivity index (χ0) is 14.6. The second-order valence-corrected chi connectivity index (χ2v) is 4.90. The molecule has 1 aliphatic heterocycles. The lowest BCUT2D eigenvalue weighted by Crippen LogP contribution is -2.60. The second-order valence-electron chi connectivity index (χ2n) is 4.90. The van der Waals surface area contributed by atoms with Crippen molar-refractivity contribution >= 4 is 18.0 Å². The van der Waals surface area contributed by atoms with E-state index in [1.807, 2.05) is 0 Å². The minimum absolute atomic E-state index is 0.193. The maximum Gasteiger partial charge on any atom is 0.329 e. The second kappa shape index (κ2) is 5.90. The van der Waals surface area contributed by atoms with Crippen molar-refractivity contribution in [1.29, 1.82) is 0 Å². The lowest BCUT2D eigenvalue weighted by atomic mass is 9.89. The van der Waals surface area contributed by atoms with Crippen molar-refractivity contribution in [3.8, 4) is 0 Å². The number of carboxylic acids is 1. The van der Waals surface area contributed by atoms with Crippen LogP contribution in [-0.2, 0) is 14.3 Å². The number of hydrogen-bond donors (Lipinski definition) is 1. The van der Waals surface area contributed by atoms with Crippen molar-refractivity contribution in [2.45, 2.75) is 31.7 Å². The molecule has 0 aromatic carbocycles. The van der Waals surface area contributed by atoms with E-state index < -0.39 is 23.5 Å². The average molecular weight is 272 g/mol. The molecule has 1 fully saturated rings. The molecule has 1 heterocycles. The summed E-state index contributed by atoms with van der Waals surface area (Å²) in [4.78, 5) is 37.3. The highest BCUT2D eigenvalue weighted by atomic mass is 16.5. The van der Waals surface area contributed by atoms with Gasteiger partial charge < -0.3 is 19.6 Å². The number of likely N-dealkylation sites (tertiary alicyclic amines) is 1. The third kappa shape index (κ3) is 3.15. The van der Waals surface area contributed by atoms with E-state index >= 15 is 0 Å². The van der Waals surface area contributed by atoms with Crippen LogP contribution in [0, 0.1) is 0 Å². The number of rotatable bonds is 3. The Bertz CT molecular complexity index is 384. The highest BCUT2D eigenvalue weighted by Crippen LogP contribution is 2.29. The monoisotopic (exact) mass is 272 g/mol. The van der Waals surface area contributed by atoms with Gasteiger partial charge in [0.2, 0.25) is 0 Å². The van der Waals surface area contributed by atoms with Gasteiger partial charge in [-0.15, -0.1) is 0 Å². The summed E-state index contributed by atoms with van der Waals surface area (Å²) in [5.41, 5.74) is -1.21. The van der Waals surface area contributed by atoms with Gasteiger partial charge in [0.05, 0.1) is 7.11 Å². The first-order valence-corrected chi connectivity index (χ1v) is 6.16. The quantitative estimate of drug-likeness (QED) is 0.758. The number of methoxy groups -OCH3 is 1. The number of aliphatic carboxylic acids is 1. The fourth-order valence-corrected chi connectivity index (χ4v) is 2.18. The van der Waals surface area contributed by atoms with Crippen molar-refractivity contribution in [3.63, 3.8) is 0 Å². The van der Waals surface area contributed by atoms with Gasteiger partial charge in [-0.2, -0.15) is 0 Å². The van der Waals surface area contributed by atoms with E-state index in [2.05, 4.69) is 4.74 Å². The highest BCUT2D eigenvalue weighted by molar-refractivity contribution is 5.87. The van der Waals surface area contributed by atoms with Gasteiger partial charge in [-0.1, -0.05) is 0 Å². The predicted molar refractivity (Wildman–Crippen MR) is 66.6 cm³/mol. The first-order chi connectivity index (χ1) is 8.82. The van der Waals surface area contributed by atoms with E-state index in [-0.39, 0.29) is 6.54 Å². The van der Waals surface area contributed by atoms with Crippen LogP contribution in [-0.4, -0.2) is 65.7 Å². The summed E-state index contributed by atoms with van der Waals surface area (Å²) in [5.74, 6) is -1.56. The SMILES string of the molecule is COC(=O)CN(C)C(=O)N1CCCCC1(C)C(=O)O. The van der Waals surface area contributed by atoms with Crippen LogP contribution in [0.5, 0.6) is 0 Å². The Morgan fingerprint density at radius 2 is 2.00 bits per heavy atom. The number of amides is 2. The number of ether oxygens (including phenoxy) is 1. The van der Waals surface area contributed by atoms with E-state index in [1.165, 1.54) is 24.0 Å². The Morgan fingerprint density at radius 1 is 1.37 bits per heavy atom. The molecule has 1 saturated heterocycles. The lowest BCUT2D eigenvalue weighted by Gasteiger charge is -2.42. The molecular formula is C12H20N2O5. The number of urea groups is 1. The van der Waals surface area contributed by atoms with Gasteiger partial charge in [0.25, 0.3) is 0 Å². The maximum atomic E-state index is 12.3. The van der Waals surface area contributed by atoms with Gasteiger partial charge in [-0.05, 0) is 26.2 Å². The third-order valence-electron chi connectivity index (χ3n) is 3.50. The van der Waals surface area contributed by atoms with Crippen molar-refractivity contribution in [2.24, 2.45) is 0 Å². The molecule has 1 rings (SSSR count). The van der Waals surface area contributed by atoms with Gasteiger partial charge in [0.1, 0.15) is 12.1 Å². The molecule has 0 aromatic heterocycles. The Labute approximate surface area is 112 Å². The molecule has 19 heavy (non-hydrogen) atoms. The minimum atomic E-state index is -1.21. The Balaban J connectivity index is 2.83. The summed E-state index contributed by atoms with van der Waals surface area (Å²) >= 11 is 0. The summed E-state index contributed by atoms with van der Waals surface area (Å²) in [6.45, 7) is 1.73. The summed E-state index contributed by atoms with van der Waals surface area (Å²) in [6.07, 6.45) is 1.95. The van der Waals surface area contributed by atoms with Crippen molar-refractivity contribution in [1.82, 2.24) is 9.80 Å². The fraction of sp³-hybridized carbons (Fsp3) is 0.750. The molecule has 7 nitrogen and oxygen atoms in total. The van der Waals surface area contributed by atoms with Crippen LogP contribution in [0.3, 0.4) is 0 Å². The summed E-state index contributed by atoms with van der Waals surface area (Å²) in [6, 6.07) is -0.463. The first-order valence-electron chi connectivity index (χ1n) is 6.16. The fourth-order valence-electron chi connectivity index (χ4n) is 2.18. The number of piperidine rings is 1. The van der Waals surface area contributed by atoms with Gasteiger partial charge in [0, 0.05) is 13.6 Å². The summed E-state index contributed by atoms with van der Waals surface area (Å²) in [7, 11) is 2.69. The van der Waals surface area contributed by atoms with Crippen LogP contribution in [0.15, 0.2) is 0 Å². The van der Waals surface area contributed by atoms with Crippen LogP contribution >= 0.6 is 0 Å².